The first-order valence-electron chi connectivity index (χ1n) is 6.12. The maximum Gasteiger partial charge on any atom is 0.243 e. The summed E-state index contributed by atoms with van der Waals surface area (Å²) in [5, 5.41) is 2.63. The first-order valence-corrected chi connectivity index (χ1v) is 6.12. The molecular weight excluding hydrogens is 204 g/mol. The molecule has 0 bridgehead atoms. The van der Waals surface area contributed by atoms with Crippen LogP contribution < -0.4 is 5.32 Å². The minimum Gasteiger partial charge on any atom is -0.345 e. The quantitative estimate of drug-likeness (QED) is 0.785. The molecule has 2 amide bonds. The Morgan fingerprint density at radius 2 is 1.75 bits per heavy atom. The van der Waals surface area contributed by atoms with Crippen molar-refractivity contribution in [3.63, 3.8) is 0 Å². The fourth-order valence-electron chi connectivity index (χ4n) is 2.67. The van der Waals surface area contributed by atoms with E-state index in [1.54, 1.807) is 4.90 Å². The van der Waals surface area contributed by atoms with Gasteiger partial charge < -0.3 is 10.2 Å². The molecule has 1 unspecified atom stereocenters. The van der Waals surface area contributed by atoms with Crippen LogP contribution in [0.3, 0.4) is 0 Å². The van der Waals surface area contributed by atoms with E-state index in [0.717, 1.165) is 19.3 Å². The van der Waals surface area contributed by atoms with Crippen molar-refractivity contribution in [2.24, 2.45) is 0 Å². The van der Waals surface area contributed by atoms with E-state index in [1.807, 2.05) is 6.92 Å². The largest absolute Gasteiger partial charge is 0.345 e. The fraction of sp³-hybridized carbons (Fsp3) is 0.833. The SMILES string of the molecule is CCC(CC)(CC)N1C(=O)CNC(=O)C1C. The lowest BCUT2D eigenvalue weighted by molar-refractivity contribution is -0.153. The van der Waals surface area contributed by atoms with Gasteiger partial charge in [0.15, 0.2) is 0 Å². The summed E-state index contributed by atoms with van der Waals surface area (Å²) < 4.78 is 0. The Bertz CT molecular complexity index is 276. The van der Waals surface area contributed by atoms with Crippen LogP contribution in [0.25, 0.3) is 0 Å². The molecule has 1 aliphatic heterocycles. The molecule has 1 fully saturated rings. The molecule has 0 spiro atoms. The normalized spacial score (nSPS) is 22.2. The van der Waals surface area contributed by atoms with Crippen molar-refractivity contribution < 1.29 is 9.59 Å². The van der Waals surface area contributed by atoms with Crippen LogP contribution in [-0.4, -0.2) is 34.8 Å². The first-order chi connectivity index (χ1) is 7.52. The molecule has 0 radical (unpaired) electrons. The highest BCUT2D eigenvalue weighted by Crippen LogP contribution is 2.30. The zero-order valence-electron chi connectivity index (χ0n) is 10.7. The Hall–Kier alpha value is -1.06. The van der Waals surface area contributed by atoms with Crippen LogP contribution in [0.5, 0.6) is 0 Å². The van der Waals surface area contributed by atoms with Gasteiger partial charge in [-0.1, -0.05) is 20.8 Å². The molecule has 92 valence electrons. The van der Waals surface area contributed by atoms with Crippen LogP contribution in [0.15, 0.2) is 0 Å². The average Bonchev–Trinajstić information content (AvgIpc) is 2.30. The summed E-state index contributed by atoms with van der Waals surface area (Å²) in [6, 6.07) is -0.346. The third-order valence-corrected chi connectivity index (χ3v) is 3.93. The highest BCUT2D eigenvalue weighted by atomic mass is 16.2. The van der Waals surface area contributed by atoms with Gasteiger partial charge >= 0.3 is 0 Å². The monoisotopic (exact) mass is 226 g/mol. The highest BCUT2D eigenvalue weighted by Gasteiger charge is 2.42. The Balaban J connectivity index is 3.05. The van der Waals surface area contributed by atoms with Crippen molar-refractivity contribution in [1.29, 1.82) is 0 Å². The van der Waals surface area contributed by atoms with Gasteiger partial charge in [0.05, 0.1) is 6.54 Å². The standard InChI is InChI=1S/C12H22N2O2/c1-5-12(6-2,7-3)14-9(4)11(16)13-8-10(14)15/h9H,5-8H2,1-4H3,(H,13,16). The lowest BCUT2D eigenvalue weighted by atomic mass is 9.85. The molecule has 0 saturated carbocycles. The van der Waals surface area contributed by atoms with Crippen LogP contribution in [-0.2, 0) is 9.59 Å². The van der Waals surface area contributed by atoms with Crippen LogP contribution in [0.1, 0.15) is 47.0 Å². The zero-order chi connectivity index (χ0) is 12.3. The summed E-state index contributed by atoms with van der Waals surface area (Å²) in [5.74, 6) is -0.00280. The van der Waals surface area contributed by atoms with Gasteiger partial charge in [0.2, 0.25) is 11.8 Å². The fourth-order valence-corrected chi connectivity index (χ4v) is 2.67. The van der Waals surface area contributed by atoms with Gasteiger partial charge in [-0.05, 0) is 26.2 Å². The van der Waals surface area contributed by atoms with E-state index < -0.39 is 0 Å². The van der Waals surface area contributed by atoms with Crippen LogP contribution >= 0.6 is 0 Å². The van der Waals surface area contributed by atoms with E-state index in [-0.39, 0.29) is 29.9 Å². The Kier molecular flexibility index (Phi) is 3.94. The summed E-state index contributed by atoms with van der Waals surface area (Å²) >= 11 is 0. The average molecular weight is 226 g/mol. The molecule has 0 aliphatic carbocycles. The Morgan fingerprint density at radius 3 is 2.19 bits per heavy atom. The van der Waals surface area contributed by atoms with Gasteiger partial charge in [-0.15, -0.1) is 0 Å². The van der Waals surface area contributed by atoms with Crippen molar-refractivity contribution in [3.05, 3.63) is 0 Å². The van der Waals surface area contributed by atoms with E-state index in [0.29, 0.717) is 0 Å². The molecule has 1 atom stereocenters. The number of nitrogens with one attached hydrogen (secondary N) is 1. The topological polar surface area (TPSA) is 49.4 Å². The lowest BCUT2D eigenvalue weighted by Gasteiger charge is -2.47. The predicted molar refractivity (Wildman–Crippen MR) is 62.9 cm³/mol. The molecule has 1 N–H and O–H groups in total. The van der Waals surface area contributed by atoms with Gasteiger partial charge in [0.1, 0.15) is 6.04 Å². The smallest absolute Gasteiger partial charge is 0.243 e. The number of amides is 2. The van der Waals surface area contributed by atoms with Gasteiger partial charge in [0.25, 0.3) is 0 Å². The number of piperazine rings is 1. The van der Waals surface area contributed by atoms with Crippen molar-refractivity contribution in [2.75, 3.05) is 6.54 Å². The first kappa shape index (κ1) is 13.0. The number of rotatable bonds is 4. The third kappa shape index (κ3) is 1.93. The van der Waals surface area contributed by atoms with E-state index >= 15 is 0 Å². The molecular formula is C12H22N2O2. The molecule has 1 aliphatic rings. The maximum absolute atomic E-state index is 12.0. The maximum atomic E-state index is 12.0. The van der Waals surface area contributed by atoms with Crippen LogP contribution in [0.4, 0.5) is 0 Å². The number of carbonyl (C=O) groups is 2. The molecule has 4 heteroatoms. The molecule has 4 nitrogen and oxygen atoms in total. The highest BCUT2D eigenvalue weighted by molar-refractivity contribution is 5.95. The van der Waals surface area contributed by atoms with E-state index in [2.05, 4.69) is 26.1 Å². The van der Waals surface area contributed by atoms with E-state index in [9.17, 15) is 9.59 Å². The predicted octanol–water partition coefficient (Wildman–Crippen LogP) is 1.30. The summed E-state index contributed by atoms with van der Waals surface area (Å²) in [6.07, 6.45) is 2.68. The molecule has 0 aromatic carbocycles. The van der Waals surface area contributed by atoms with Crippen molar-refractivity contribution in [3.8, 4) is 0 Å². The molecule has 0 aromatic rings. The molecule has 16 heavy (non-hydrogen) atoms. The van der Waals surface area contributed by atoms with Gasteiger partial charge in [-0.3, -0.25) is 9.59 Å². The Labute approximate surface area is 97.4 Å². The number of hydrogen-bond donors (Lipinski definition) is 1. The Morgan fingerprint density at radius 1 is 1.25 bits per heavy atom. The van der Waals surface area contributed by atoms with Gasteiger partial charge in [-0.25, -0.2) is 0 Å². The molecule has 1 heterocycles. The van der Waals surface area contributed by atoms with E-state index in [4.69, 9.17) is 0 Å². The van der Waals surface area contributed by atoms with E-state index in [1.165, 1.54) is 0 Å². The summed E-state index contributed by atoms with van der Waals surface area (Å²) in [4.78, 5) is 25.4. The molecule has 1 saturated heterocycles. The molecule has 0 aromatic heterocycles. The summed E-state index contributed by atoms with van der Waals surface area (Å²) in [5.41, 5.74) is -0.158. The minimum atomic E-state index is -0.346. The van der Waals surface area contributed by atoms with Crippen LogP contribution in [0.2, 0.25) is 0 Å². The second-order valence-electron chi connectivity index (χ2n) is 4.44. The van der Waals surface area contributed by atoms with Crippen molar-refractivity contribution >= 4 is 11.8 Å². The molecule has 1 rings (SSSR count). The van der Waals surface area contributed by atoms with Gasteiger partial charge in [-0.2, -0.15) is 0 Å². The minimum absolute atomic E-state index is 0.0395. The van der Waals surface area contributed by atoms with Crippen molar-refractivity contribution in [2.45, 2.75) is 58.5 Å². The second kappa shape index (κ2) is 4.85. The van der Waals surface area contributed by atoms with Gasteiger partial charge in [0, 0.05) is 5.54 Å². The zero-order valence-corrected chi connectivity index (χ0v) is 10.7. The van der Waals surface area contributed by atoms with Crippen molar-refractivity contribution in [1.82, 2.24) is 10.2 Å². The number of carbonyl (C=O) groups excluding carboxylic acids is 2. The second-order valence-corrected chi connectivity index (χ2v) is 4.44. The third-order valence-electron chi connectivity index (χ3n) is 3.93. The summed E-state index contributed by atoms with van der Waals surface area (Å²) in [6.45, 7) is 8.20. The number of hydrogen-bond acceptors (Lipinski definition) is 2. The number of nitrogens with zero attached hydrogens (tertiary/aromatic N) is 1. The lowest BCUT2D eigenvalue weighted by Crippen LogP contribution is -2.65. The van der Waals surface area contributed by atoms with Crippen LogP contribution in [0, 0.1) is 0 Å². The summed E-state index contributed by atoms with van der Waals surface area (Å²) in [7, 11) is 0.